The molecule has 0 fully saturated rings. The van der Waals surface area contributed by atoms with Crippen molar-refractivity contribution in [3.05, 3.63) is 83.4 Å². The van der Waals surface area contributed by atoms with Gasteiger partial charge in [-0.15, -0.1) is 0 Å². The number of rotatable bonds is 12. The van der Waals surface area contributed by atoms with Gasteiger partial charge in [-0.2, -0.15) is 13.2 Å². The second-order valence-corrected chi connectivity index (χ2v) is 8.40. The minimum absolute atomic E-state index is 0.0348. The van der Waals surface area contributed by atoms with Gasteiger partial charge in [-0.3, -0.25) is 0 Å². The summed E-state index contributed by atoms with van der Waals surface area (Å²) in [6, 6.07) is 15.7. The lowest BCUT2D eigenvalue weighted by atomic mass is 10.0. The molecule has 8 nitrogen and oxygen atoms in total. The maximum Gasteiger partial charge on any atom is 0.389 e. The first-order valence-electron chi connectivity index (χ1n) is 11.8. The van der Waals surface area contributed by atoms with Crippen LogP contribution < -0.4 is 25.7 Å². The quantitative estimate of drug-likeness (QED) is 0.0893. The molecule has 3 aromatic rings. The van der Waals surface area contributed by atoms with E-state index in [2.05, 4.69) is 0 Å². The Morgan fingerprint density at radius 2 is 1.46 bits per heavy atom. The van der Waals surface area contributed by atoms with Crippen LogP contribution >= 0.6 is 0 Å². The standard InChI is InChI=1S/C28H27F3N2O6/c29-28(30,31)13-1-14-37-21-7-9-22(10-8-21)39-26(34)11-4-18-2-5-20(6-3-18)38-15-12-23-24(27(35)36)16-19(32)17-25(23)33/h2-11,16-17H,1,12-15,32-33H2,(H,35,36)/b11-4+. The van der Waals surface area contributed by atoms with Crippen LogP contribution in [0.25, 0.3) is 6.08 Å². The molecule has 0 bridgehead atoms. The van der Waals surface area contributed by atoms with Crippen LogP contribution in [0.1, 0.15) is 34.3 Å². The van der Waals surface area contributed by atoms with Crippen LogP contribution in [0.4, 0.5) is 24.5 Å². The molecule has 0 heterocycles. The Bertz CT molecular complexity index is 1310. The molecule has 206 valence electrons. The van der Waals surface area contributed by atoms with E-state index in [9.17, 15) is 27.9 Å². The minimum Gasteiger partial charge on any atom is -0.494 e. The van der Waals surface area contributed by atoms with Gasteiger partial charge in [0.15, 0.2) is 0 Å². The molecule has 3 aromatic carbocycles. The van der Waals surface area contributed by atoms with Gasteiger partial charge < -0.3 is 30.8 Å². The molecule has 0 aliphatic heterocycles. The van der Waals surface area contributed by atoms with Crippen LogP contribution in [0.2, 0.25) is 0 Å². The Hall–Kier alpha value is -4.67. The highest BCUT2D eigenvalue weighted by Gasteiger charge is 2.26. The van der Waals surface area contributed by atoms with Crippen molar-refractivity contribution >= 4 is 29.4 Å². The number of ether oxygens (including phenoxy) is 3. The lowest BCUT2D eigenvalue weighted by molar-refractivity contribution is -0.136. The zero-order chi connectivity index (χ0) is 28.4. The number of nitrogens with two attached hydrogens (primary N) is 2. The molecule has 11 heteroatoms. The predicted octanol–water partition coefficient (Wildman–Crippen LogP) is 5.51. The lowest BCUT2D eigenvalue weighted by Crippen LogP contribution is -2.11. The number of hydrogen-bond acceptors (Lipinski definition) is 7. The fourth-order valence-corrected chi connectivity index (χ4v) is 3.51. The van der Waals surface area contributed by atoms with E-state index in [1.54, 1.807) is 30.3 Å². The molecule has 0 spiro atoms. The normalized spacial score (nSPS) is 11.4. The van der Waals surface area contributed by atoms with Gasteiger partial charge in [0.05, 0.1) is 18.8 Å². The summed E-state index contributed by atoms with van der Waals surface area (Å²) in [5.74, 6) is -0.577. The second kappa shape index (κ2) is 13.2. The average molecular weight is 545 g/mol. The van der Waals surface area contributed by atoms with Crippen molar-refractivity contribution in [2.75, 3.05) is 24.7 Å². The summed E-state index contributed by atoms with van der Waals surface area (Å²) in [5.41, 5.74) is 13.3. The number of esters is 1. The lowest BCUT2D eigenvalue weighted by Gasteiger charge is -2.12. The molecule has 0 amide bonds. The fourth-order valence-electron chi connectivity index (χ4n) is 3.51. The van der Waals surface area contributed by atoms with Crippen LogP contribution in [0.15, 0.2) is 66.7 Å². The number of carboxylic acid groups (broad SMARTS) is 1. The molecule has 0 aliphatic rings. The van der Waals surface area contributed by atoms with E-state index in [-0.39, 0.29) is 48.7 Å². The number of anilines is 2. The van der Waals surface area contributed by atoms with E-state index in [1.165, 1.54) is 42.5 Å². The van der Waals surface area contributed by atoms with Crippen molar-refractivity contribution in [2.45, 2.75) is 25.4 Å². The SMILES string of the molecule is Nc1cc(N)c(CCOc2ccc(/C=C/C(=O)Oc3ccc(OCCCC(F)(F)F)cc3)cc2)c(C(=O)O)c1. The van der Waals surface area contributed by atoms with E-state index in [4.69, 9.17) is 25.7 Å². The van der Waals surface area contributed by atoms with Crippen LogP contribution in [0.3, 0.4) is 0 Å². The number of carbonyl (C=O) groups excluding carboxylic acids is 1. The summed E-state index contributed by atoms with van der Waals surface area (Å²) < 4.78 is 52.6. The molecule has 0 atom stereocenters. The van der Waals surface area contributed by atoms with Gasteiger partial charge in [-0.25, -0.2) is 9.59 Å². The van der Waals surface area contributed by atoms with Crippen molar-refractivity contribution < 1.29 is 42.1 Å². The third kappa shape index (κ3) is 9.62. The van der Waals surface area contributed by atoms with Crippen LogP contribution in [0, 0.1) is 0 Å². The highest BCUT2D eigenvalue weighted by molar-refractivity contribution is 5.92. The van der Waals surface area contributed by atoms with Crippen LogP contribution in [0.5, 0.6) is 17.2 Å². The zero-order valence-electron chi connectivity index (χ0n) is 20.7. The predicted molar refractivity (Wildman–Crippen MR) is 140 cm³/mol. The van der Waals surface area contributed by atoms with E-state index in [0.29, 0.717) is 22.6 Å². The monoisotopic (exact) mass is 544 g/mol. The molecule has 0 radical (unpaired) electrons. The number of benzene rings is 3. The Morgan fingerprint density at radius 3 is 2.08 bits per heavy atom. The van der Waals surface area contributed by atoms with E-state index in [1.807, 2.05) is 0 Å². The third-order valence-corrected chi connectivity index (χ3v) is 5.37. The van der Waals surface area contributed by atoms with Crippen molar-refractivity contribution in [3.8, 4) is 17.2 Å². The fraction of sp³-hybridized carbons (Fsp3) is 0.214. The van der Waals surface area contributed by atoms with Gasteiger partial charge in [-0.05, 0) is 72.2 Å². The molecule has 0 unspecified atom stereocenters. The van der Waals surface area contributed by atoms with Gasteiger partial charge in [0.2, 0.25) is 0 Å². The number of halogens is 3. The maximum absolute atomic E-state index is 12.2. The summed E-state index contributed by atoms with van der Waals surface area (Å²) in [6.45, 7) is 0.112. The highest BCUT2D eigenvalue weighted by atomic mass is 19.4. The summed E-state index contributed by atoms with van der Waals surface area (Å²) >= 11 is 0. The number of carbonyl (C=O) groups is 2. The number of alkyl halides is 3. The molecule has 0 aliphatic carbocycles. The summed E-state index contributed by atoms with van der Waals surface area (Å²) in [7, 11) is 0. The molecule has 39 heavy (non-hydrogen) atoms. The Morgan fingerprint density at radius 1 is 0.872 bits per heavy atom. The van der Waals surface area contributed by atoms with Crippen molar-refractivity contribution in [2.24, 2.45) is 0 Å². The second-order valence-electron chi connectivity index (χ2n) is 8.40. The minimum atomic E-state index is -4.21. The Labute approximate surface area is 222 Å². The number of hydrogen-bond donors (Lipinski definition) is 3. The molecular formula is C28H27F3N2O6. The maximum atomic E-state index is 12.2. The summed E-state index contributed by atoms with van der Waals surface area (Å²) in [4.78, 5) is 23.6. The number of aromatic carboxylic acids is 1. The van der Waals surface area contributed by atoms with E-state index in [0.717, 1.165) is 0 Å². The molecule has 0 saturated carbocycles. The largest absolute Gasteiger partial charge is 0.494 e. The van der Waals surface area contributed by atoms with Crippen LogP contribution in [-0.2, 0) is 11.2 Å². The van der Waals surface area contributed by atoms with Gasteiger partial charge in [-0.1, -0.05) is 12.1 Å². The van der Waals surface area contributed by atoms with Gasteiger partial charge >= 0.3 is 18.1 Å². The van der Waals surface area contributed by atoms with E-state index < -0.39 is 24.5 Å². The molecule has 0 saturated heterocycles. The van der Waals surface area contributed by atoms with Crippen LogP contribution in [-0.4, -0.2) is 36.4 Å². The molecule has 5 N–H and O–H groups in total. The third-order valence-electron chi connectivity index (χ3n) is 5.37. The summed E-state index contributed by atoms with van der Waals surface area (Å²) in [6.07, 6.45) is -2.21. The van der Waals surface area contributed by atoms with Gasteiger partial charge in [0.25, 0.3) is 0 Å². The first-order valence-corrected chi connectivity index (χ1v) is 11.8. The van der Waals surface area contributed by atoms with Gasteiger partial charge in [0.1, 0.15) is 17.2 Å². The smallest absolute Gasteiger partial charge is 0.389 e. The van der Waals surface area contributed by atoms with Crippen molar-refractivity contribution in [1.29, 1.82) is 0 Å². The highest BCUT2D eigenvalue weighted by Crippen LogP contribution is 2.24. The Kier molecular flexibility index (Phi) is 9.80. The summed E-state index contributed by atoms with van der Waals surface area (Å²) in [5, 5.41) is 9.38. The van der Waals surface area contributed by atoms with E-state index >= 15 is 0 Å². The Balaban J connectivity index is 1.45. The van der Waals surface area contributed by atoms with Crippen molar-refractivity contribution in [3.63, 3.8) is 0 Å². The molecule has 0 aromatic heterocycles. The zero-order valence-corrected chi connectivity index (χ0v) is 20.7. The number of nitrogen functional groups attached to an aromatic ring is 2. The average Bonchev–Trinajstić information content (AvgIpc) is 2.87. The first kappa shape index (κ1) is 28.9. The molecule has 3 rings (SSSR count). The molecular weight excluding hydrogens is 517 g/mol. The van der Waals surface area contributed by atoms with Gasteiger partial charge in [0, 0.05) is 30.3 Å². The topological polar surface area (TPSA) is 134 Å². The van der Waals surface area contributed by atoms with Crippen molar-refractivity contribution in [1.82, 2.24) is 0 Å². The number of carboxylic acids is 1. The first-order chi connectivity index (χ1) is 18.5.